The lowest BCUT2D eigenvalue weighted by molar-refractivity contribution is 0.0688. The molecule has 1 aliphatic heterocycles. The molecule has 0 saturated heterocycles. The number of benzene rings is 2. The fourth-order valence-corrected chi connectivity index (χ4v) is 4.39. The molecule has 2 N–H and O–H groups in total. The van der Waals surface area contributed by atoms with Crippen molar-refractivity contribution < 1.29 is 22.3 Å². The molecule has 1 aliphatic rings. The Kier molecular flexibility index (Phi) is 7.32. The second-order valence-corrected chi connectivity index (χ2v) is 7.93. The number of aromatic amines is 1. The van der Waals surface area contributed by atoms with Gasteiger partial charge in [0.15, 0.2) is 0 Å². The molecule has 8 heteroatoms. The van der Waals surface area contributed by atoms with Crippen LogP contribution in [-0.2, 0) is 6.42 Å². The van der Waals surface area contributed by atoms with Crippen molar-refractivity contribution in [3.05, 3.63) is 65.1 Å². The summed E-state index contributed by atoms with van der Waals surface area (Å²) in [6.07, 6.45) is -1.45. The average Bonchev–Trinajstić information content (AvgIpc) is 3.15. The fraction of sp³-hybridized carbons (Fsp3) is 0.417. The number of alkyl halides is 3. The van der Waals surface area contributed by atoms with Gasteiger partial charge in [-0.15, -0.1) is 0 Å². The number of fused-ring (bicyclic) bond motifs is 3. The summed E-state index contributed by atoms with van der Waals surface area (Å²) in [5.41, 5.74) is 3.08. The lowest BCUT2D eigenvalue weighted by Crippen LogP contribution is -2.39. The van der Waals surface area contributed by atoms with Crippen LogP contribution in [0.15, 0.2) is 42.5 Å². The van der Waals surface area contributed by atoms with Crippen molar-refractivity contribution in [1.29, 1.82) is 0 Å². The summed E-state index contributed by atoms with van der Waals surface area (Å²) in [7, 11) is 0. The zero-order valence-corrected chi connectivity index (χ0v) is 17.7. The average molecular weight is 449 g/mol. The van der Waals surface area contributed by atoms with Crippen LogP contribution in [0.25, 0.3) is 10.9 Å². The van der Waals surface area contributed by atoms with Gasteiger partial charge < -0.3 is 15.0 Å². The molecule has 2 aromatic carbocycles. The summed E-state index contributed by atoms with van der Waals surface area (Å²) in [5.74, 6) is -0.129. The van der Waals surface area contributed by atoms with Gasteiger partial charge in [-0.3, -0.25) is 9.29 Å². The molecule has 0 spiro atoms. The van der Waals surface area contributed by atoms with E-state index in [0.717, 1.165) is 22.2 Å². The Morgan fingerprint density at radius 1 is 1.16 bits per heavy atom. The maximum absolute atomic E-state index is 15.2. The van der Waals surface area contributed by atoms with E-state index in [9.17, 15) is 13.2 Å². The number of para-hydroxylation sites is 1. The molecule has 1 atom stereocenters. The molecule has 0 radical (unpaired) electrons. The Morgan fingerprint density at radius 2 is 2.00 bits per heavy atom. The summed E-state index contributed by atoms with van der Waals surface area (Å²) >= 11 is 0. The Labute approximate surface area is 184 Å². The lowest BCUT2D eigenvalue weighted by Gasteiger charge is -2.36. The highest BCUT2D eigenvalue weighted by Gasteiger charge is 2.34. The van der Waals surface area contributed by atoms with Crippen molar-refractivity contribution in [3.8, 4) is 5.75 Å². The lowest BCUT2D eigenvalue weighted by atomic mass is 9.92. The third kappa shape index (κ3) is 4.91. The van der Waals surface area contributed by atoms with Crippen molar-refractivity contribution >= 4 is 10.9 Å². The number of hydrogen-bond donors (Lipinski definition) is 2. The number of nitrogens with one attached hydrogen (secondary N) is 2. The summed E-state index contributed by atoms with van der Waals surface area (Å²) in [5, 5.41) is 4.09. The van der Waals surface area contributed by atoms with Gasteiger partial charge in [0, 0.05) is 41.3 Å². The third-order valence-electron chi connectivity index (χ3n) is 5.81. The number of rotatable bonds is 10. The summed E-state index contributed by atoms with van der Waals surface area (Å²) < 4.78 is 59.5. The van der Waals surface area contributed by atoms with E-state index >= 15 is 4.39 Å². The monoisotopic (exact) mass is 449 g/mol. The van der Waals surface area contributed by atoms with Gasteiger partial charge in [-0.25, -0.2) is 13.2 Å². The number of H-pyrrole nitrogens is 1. The van der Waals surface area contributed by atoms with Crippen LogP contribution in [0.2, 0.25) is 0 Å². The van der Waals surface area contributed by atoms with Gasteiger partial charge in [0.2, 0.25) is 0 Å². The quantitative estimate of drug-likeness (QED) is 0.344. The molecule has 0 saturated carbocycles. The van der Waals surface area contributed by atoms with Gasteiger partial charge in [0.05, 0.1) is 19.3 Å². The number of halogens is 4. The topological polar surface area (TPSA) is 40.3 Å². The van der Waals surface area contributed by atoms with E-state index in [1.807, 2.05) is 24.3 Å². The minimum atomic E-state index is -2.51. The highest BCUT2D eigenvalue weighted by atomic mass is 19.3. The number of aromatic nitrogens is 1. The van der Waals surface area contributed by atoms with Crippen LogP contribution in [0.4, 0.5) is 17.6 Å². The molecule has 172 valence electrons. The molecule has 0 bridgehead atoms. The maximum atomic E-state index is 15.2. The standard InChI is InChI=1S/C24H27F4N3O/c25-9-3-10-29-11-13-32-16-6-7-19(20(26)14-16)24-23-18(8-12-31(24)15-22(27)28)17-4-1-2-5-21(17)30-23/h1-2,4-7,14,22,24,29-30H,3,8-13,15H2. The van der Waals surface area contributed by atoms with Crippen molar-refractivity contribution in [3.63, 3.8) is 0 Å². The molecular formula is C24H27F4N3O. The zero-order chi connectivity index (χ0) is 22.5. The molecule has 0 fully saturated rings. The van der Waals surface area contributed by atoms with E-state index in [1.54, 1.807) is 17.0 Å². The van der Waals surface area contributed by atoms with Crippen LogP contribution in [0.5, 0.6) is 5.75 Å². The molecule has 1 unspecified atom stereocenters. The maximum Gasteiger partial charge on any atom is 0.251 e. The highest BCUT2D eigenvalue weighted by molar-refractivity contribution is 5.85. The predicted octanol–water partition coefficient (Wildman–Crippen LogP) is 4.85. The van der Waals surface area contributed by atoms with E-state index < -0.39 is 24.8 Å². The SMILES string of the molecule is FCCCNCCOc1ccc(C2c3[nH]c4ccccc4c3CCN2CC(F)F)c(F)c1. The largest absolute Gasteiger partial charge is 0.492 e. The fourth-order valence-electron chi connectivity index (χ4n) is 4.39. The molecule has 32 heavy (non-hydrogen) atoms. The molecule has 0 aliphatic carbocycles. The second kappa shape index (κ2) is 10.4. The molecule has 0 amide bonds. The molecule has 3 aromatic rings. The Hall–Kier alpha value is -2.58. The second-order valence-electron chi connectivity index (χ2n) is 7.93. The van der Waals surface area contributed by atoms with Gasteiger partial charge >= 0.3 is 0 Å². The van der Waals surface area contributed by atoms with Gasteiger partial charge in [-0.1, -0.05) is 24.3 Å². The van der Waals surface area contributed by atoms with E-state index in [-0.39, 0.29) is 6.67 Å². The van der Waals surface area contributed by atoms with E-state index in [2.05, 4.69) is 10.3 Å². The van der Waals surface area contributed by atoms with Crippen molar-refractivity contribution in [1.82, 2.24) is 15.2 Å². The summed E-state index contributed by atoms with van der Waals surface area (Å²) in [6, 6.07) is 11.7. The zero-order valence-electron chi connectivity index (χ0n) is 17.7. The first-order valence-corrected chi connectivity index (χ1v) is 10.9. The Morgan fingerprint density at radius 3 is 2.78 bits per heavy atom. The molecule has 4 nitrogen and oxygen atoms in total. The molecule has 2 heterocycles. The first-order chi connectivity index (χ1) is 15.6. The third-order valence-corrected chi connectivity index (χ3v) is 5.81. The number of ether oxygens (including phenoxy) is 1. The Bertz CT molecular complexity index is 1040. The van der Waals surface area contributed by atoms with E-state index in [1.165, 1.54) is 6.07 Å². The molecular weight excluding hydrogens is 422 g/mol. The normalized spacial score (nSPS) is 16.6. The summed E-state index contributed by atoms with van der Waals surface area (Å²) in [4.78, 5) is 4.98. The van der Waals surface area contributed by atoms with Crippen molar-refractivity contribution in [2.24, 2.45) is 0 Å². The van der Waals surface area contributed by atoms with Crippen LogP contribution >= 0.6 is 0 Å². The van der Waals surface area contributed by atoms with Crippen LogP contribution in [0.3, 0.4) is 0 Å². The van der Waals surface area contributed by atoms with Gasteiger partial charge in [0.1, 0.15) is 18.2 Å². The van der Waals surface area contributed by atoms with E-state index in [0.29, 0.717) is 50.4 Å². The highest BCUT2D eigenvalue weighted by Crippen LogP contribution is 2.40. The first kappa shape index (κ1) is 22.6. The molecule has 4 rings (SSSR count). The van der Waals surface area contributed by atoms with Crippen LogP contribution in [-0.4, -0.2) is 55.8 Å². The van der Waals surface area contributed by atoms with Crippen LogP contribution < -0.4 is 10.1 Å². The van der Waals surface area contributed by atoms with Crippen molar-refractivity contribution in [2.45, 2.75) is 25.3 Å². The Balaban J connectivity index is 1.58. The minimum absolute atomic E-state index is 0.318. The van der Waals surface area contributed by atoms with Crippen LogP contribution in [0, 0.1) is 5.82 Å². The minimum Gasteiger partial charge on any atom is -0.492 e. The van der Waals surface area contributed by atoms with Crippen LogP contribution in [0.1, 0.15) is 29.3 Å². The summed E-state index contributed by atoms with van der Waals surface area (Å²) in [6.45, 7) is 1.02. The van der Waals surface area contributed by atoms with Crippen molar-refractivity contribution in [2.75, 3.05) is 39.5 Å². The van der Waals surface area contributed by atoms with Gasteiger partial charge in [-0.2, -0.15) is 0 Å². The first-order valence-electron chi connectivity index (χ1n) is 10.9. The predicted molar refractivity (Wildman–Crippen MR) is 117 cm³/mol. The number of nitrogens with zero attached hydrogens (tertiary/aromatic N) is 1. The smallest absolute Gasteiger partial charge is 0.251 e. The number of hydrogen-bond acceptors (Lipinski definition) is 3. The van der Waals surface area contributed by atoms with Gasteiger partial charge in [0.25, 0.3) is 6.43 Å². The van der Waals surface area contributed by atoms with Gasteiger partial charge in [-0.05, 0) is 37.1 Å². The molecule has 1 aromatic heterocycles. The van der Waals surface area contributed by atoms with E-state index in [4.69, 9.17) is 4.74 Å².